The van der Waals surface area contributed by atoms with Crippen LogP contribution in [0.3, 0.4) is 0 Å². The molecule has 3 unspecified atom stereocenters. The zero-order valence-electron chi connectivity index (χ0n) is 13.5. The summed E-state index contributed by atoms with van der Waals surface area (Å²) in [4.78, 5) is 12.1. The van der Waals surface area contributed by atoms with E-state index in [4.69, 9.17) is 0 Å². The van der Waals surface area contributed by atoms with Gasteiger partial charge in [0.2, 0.25) is 5.91 Å². The van der Waals surface area contributed by atoms with Gasteiger partial charge in [0.05, 0.1) is 6.54 Å². The molecule has 0 aliphatic heterocycles. The Labute approximate surface area is 124 Å². The molecule has 1 amide bonds. The van der Waals surface area contributed by atoms with Crippen LogP contribution in [0.1, 0.15) is 65.7 Å². The molecular weight excluding hydrogens is 248 g/mol. The molecule has 0 aromatic rings. The number of nitrogens with one attached hydrogen (secondary N) is 2. The van der Waals surface area contributed by atoms with Crippen LogP contribution in [0.4, 0.5) is 0 Å². The van der Waals surface area contributed by atoms with Crippen LogP contribution in [0, 0.1) is 17.8 Å². The smallest absolute Gasteiger partial charge is 0.234 e. The molecule has 0 aromatic heterocycles. The topological polar surface area (TPSA) is 41.1 Å². The zero-order chi connectivity index (χ0) is 14.5. The molecule has 3 heteroatoms. The summed E-state index contributed by atoms with van der Waals surface area (Å²) in [7, 11) is 0. The van der Waals surface area contributed by atoms with E-state index in [1.165, 1.54) is 32.1 Å². The van der Waals surface area contributed by atoms with Crippen molar-refractivity contribution in [1.82, 2.24) is 10.6 Å². The highest BCUT2D eigenvalue weighted by Gasteiger charge is 2.27. The Bertz CT molecular complexity index is 310. The summed E-state index contributed by atoms with van der Waals surface area (Å²) < 4.78 is 0. The normalized spacial score (nSPS) is 38.5. The molecule has 0 aromatic carbocycles. The van der Waals surface area contributed by atoms with Crippen molar-refractivity contribution in [3.8, 4) is 0 Å². The first-order chi connectivity index (χ1) is 9.56. The number of carbonyl (C=O) groups excluding carboxylic acids is 1. The van der Waals surface area contributed by atoms with E-state index < -0.39 is 0 Å². The summed E-state index contributed by atoms with van der Waals surface area (Å²) in [6, 6.07) is 0.944. The molecule has 2 saturated carbocycles. The lowest BCUT2D eigenvalue weighted by molar-refractivity contribution is -0.121. The number of rotatable bonds is 4. The van der Waals surface area contributed by atoms with Crippen LogP contribution >= 0.6 is 0 Å². The van der Waals surface area contributed by atoms with Gasteiger partial charge in [0.15, 0.2) is 0 Å². The molecule has 2 rings (SSSR count). The average molecular weight is 280 g/mol. The van der Waals surface area contributed by atoms with E-state index >= 15 is 0 Å². The molecule has 2 aliphatic carbocycles. The summed E-state index contributed by atoms with van der Waals surface area (Å²) in [5, 5.41) is 6.69. The third kappa shape index (κ3) is 4.47. The largest absolute Gasteiger partial charge is 0.352 e. The summed E-state index contributed by atoms with van der Waals surface area (Å²) in [5.74, 6) is 2.50. The molecule has 3 nitrogen and oxygen atoms in total. The van der Waals surface area contributed by atoms with E-state index in [0.717, 1.165) is 24.7 Å². The molecule has 0 bridgehead atoms. The van der Waals surface area contributed by atoms with E-state index in [0.29, 0.717) is 24.5 Å². The van der Waals surface area contributed by atoms with Crippen molar-refractivity contribution in [3.05, 3.63) is 0 Å². The van der Waals surface area contributed by atoms with Gasteiger partial charge in [-0.1, -0.05) is 33.6 Å². The molecule has 2 aliphatic rings. The molecular formula is C17H32N2O. The standard InChI is InChI=1S/C17H32N2O/c1-12-7-9-15(10-8-12)19-17(20)11-18-16-6-4-5-13(2)14(16)3/h12-16,18H,4-11H2,1-3H3,(H,19,20). The van der Waals surface area contributed by atoms with Gasteiger partial charge < -0.3 is 10.6 Å². The number of hydrogen-bond donors (Lipinski definition) is 2. The Hall–Kier alpha value is -0.570. The Balaban J connectivity index is 1.67. The quantitative estimate of drug-likeness (QED) is 0.831. The van der Waals surface area contributed by atoms with E-state index in [-0.39, 0.29) is 5.91 Å². The van der Waals surface area contributed by atoms with E-state index in [1.807, 2.05) is 0 Å². The molecule has 20 heavy (non-hydrogen) atoms. The molecule has 3 atom stereocenters. The van der Waals surface area contributed by atoms with Crippen LogP contribution in [-0.2, 0) is 4.79 Å². The van der Waals surface area contributed by atoms with Crippen molar-refractivity contribution >= 4 is 5.91 Å². The van der Waals surface area contributed by atoms with Crippen LogP contribution in [0.5, 0.6) is 0 Å². The van der Waals surface area contributed by atoms with Crippen molar-refractivity contribution in [1.29, 1.82) is 0 Å². The van der Waals surface area contributed by atoms with Gasteiger partial charge in [0, 0.05) is 12.1 Å². The van der Waals surface area contributed by atoms with Gasteiger partial charge >= 0.3 is 0 Å². The van der Waals surface area contributed by atoms with E-state index in [1.54, 1.807) is 0 Å². The van der Waals surface area contributed by atoms with Crippen molar-refractivity contribution in [2.45, 2.75) is 77.8 Å². The molecule has 2 fully saturated rings. The zero-order valence-corrected chi connectivity index (χ0v) is 13.5. The number of hydrogen-bond acceptors (Lipinski definition) is 2. The Morgan fingerprint density at radius 2 is 1.70 bits per heavy atom. The first-order valence-electron chi connectivity index (χ1n) is 8.59. The fourth-order valence-electron chi connectivity index (χ4n) is 3.78. The highest BCUT2D eigenvalue weighted by Crippen LogP contribution is 2.29. The maximum Gasteiger partial charge on any atom is 0.234 e. The average Bonchev–Trinajstić information content (AvgIpc) is 2.43. The molecule has 0 radical (unpaired) electrons. The summed E-state index contributed by atoms with van der Waals surface area (Å²) >= 11 is 0. The number of amides is 1. The third-order valence-electron chi connectivity index (χ3n) is 5.61. The van der Waals surface area contributed by atoms with Crippen LogP contribution < -0.4 is 10.6 Å². The Morgan fingerprint density at radius 1 is 1.00 bits per heavy atom. The van der Waals surface area contributed by atoms with Crippen molar-refractivity contribution < 1.29 is 4.79 Å². The molecule has 0 saturated heterocycles. The highest BCUT2D eigenvalue weighted by molar-refractivity contribution is 5.78. The fourth-order valence-corrected chi connectivity index (χ4v) is 3.78. The summed E-state index contributed by atoms with van der Waals surface area (Å²) in [5.41, 5.74) is 0. The van der Waals surface area contributed by atoms with Gasteiger partial charge in [-0.15, -0.1) is 0 Å². The second-order valence-corrected chi connectivity index (χ2v) is 7.28. The first kappa shape index (κ1) is 15.8. The lowest BCUT2D eigenvalue weighted by Crippen LogP contribution is -2.47. The maximum atomic E-state index is 12.1. The first-order valence-corrected chi connectivity index (χ1v) is 8.59. The van der Waals surface area contributed by atoms with E-state index in [2.05, 4.69) is 31.4 Å². The van der Waals surface area contributed by atoms with Crippen molar-refractivity contribution in [2.75, 3.05) is 6.54 Å². The predicted octanol–water partition coefficient (Wildman–Crippen LogP) is 3.10. The van der Waals surface area contributed by atoms with Gasteiger partial charge in [-0.2, -0.15) is 0 Å². The monoisotopic (exact) mass is 280 g/mol. The molecule has 0 spiro atoms. The minimum Gasteiger partial charge on any atom is -0.352 e. The third-order valence-corrected chi connectivity index (χ3v) is 5.61. The summed E-state index contributed by atoms with van der Waals surface area (Å²) in [6.07, 6.45) is 8.69. The van der Waals surface area contributed by atoms with Gasteiger partial charge in [-0.25, -0.2) is 0 Å². The highest BCUT2D eigenvalue weighted by atomic mass is 16.1. The minimum atomic E-state index is 0.190. The Kier molecular flexibility index (Phi) is 5.88. The second kappa shape index (κ2) is 7.44. The maximum absolute atomic E-state index is 12.1. The van der Waals surface area contributed by atoms with Crippen LogP contribution in [0.25, 0.3) is 0 Å². The number of carbonyl (C=O) groups is 1. The van der Waals surface area contributed by atoms with Gasteiger partial charge in [-0.05, 0) is 49.9 Å². The predicted molar refractivity (Wildman–Crippen MR) is 83.5 cm³/mol. The van der Waals surface area contributed by atoms with Gasteiger partial charge in [0.1, 0.15) is 0 Å². The molecule has 116 valence electrons. The van der Waals surface area contributed by atoms with Gasteiger partial charge in [-0.3, -0.25) is 4.79 Å². The molecule has 0 heterocycles. The summed E-state index contributed by atoms with van der Waals surface area (Å²) in [6.45, 7) is 7.46. The second-order valence-electron chi connectivity index (χ2n) is 7.28. The van der Waals surface area contributed by atoms with Crippen LogP contribution in [0.15, 0.2) is 0 Å². The lowest BCUT2D eigenvalue weighted by Gasteiger charge is -2.35. The van der Waals surface area contributed by atoms with E-state index in [9.17, 15) is 4.79 Å². The minimum absolute atomic E-state index is 0.190. The fraction of sp³-hybridized carbons (Fsp3) is 0.941. The Morgan fingerprint density at radius 3 is 2.40 bits per heavy atom. The van der Waals surface area contributed by atoms with Crippen molar-refractivity contribution in [3.63, 3.8) is 0 Å². The van der Waals surface area contributed by atoms with Crippen molar-refractivity contribution in [2.24, 2.45) is 17.8 Å². The lowest BCUT2D eigenvalue weighted by atomic mass is 9.78. The van der Waals surface area contributed by atoms with Crippen LogP contribution in [-0.4, -0.2) is 24.5 Å². The van der Waals surface area contributed by atoms with Crippen LogP contribution in [0.2, 0.25) is 0 Å². The molecule has 2 N–H and O–H groups in total. The SMILES string of the molecule is CC1CCC(NC(=O)CNC2CCCC(C)C2C)CC1. The van der Waals surface area contributed by atoms with Gasteiger partial charge in [0.25, 0.3) is 0 Å².